The second-order valence-electron chi connectivity index (χ2n) is 5.33. The fourth-order valence-electron chi connectivity index (χ4n) is 2.34. The van der Waals surface area contributed by atoms with E-state index < -0.39 is 43.9 Å². The SMILES string of the molecule is O=C(CCc1ccc(O[N+](=O)[O-])cc1)c1c(O[N+](=O)[O-])cc(O)cc1O[N+](=O)[O-]. The molecule has 2 rings (SSSR count). The van der Waals surface area contributed by atoms with Gasteiger partial charge < -0.3 is 5.11 Å². The van der Waals surface area contributed by atoms with Crippen molar-refractivity contribution in [1.29, 1.82) is 0 Å². The van der Waals surface area contributed by atoms with E-state index in [2.05, 4.69) is 14.5 Å². The summed E-state index contributed by atoms with van der Waals surface area (Å²) in [4.78, 5) is 56.8. The van der Waals surface area contributed by atoms with Gasteiger partial charge in [0.1, 0.15) is 23.0 Å². The third-order valence-corrected chi connectivity index (χ3v) is 3.42. The van der Waals surface area contributed by atoms with E-state index in [1.165, 1.54) is 24.3 Å². The Bertz CT molecular complexity index is 921. The van der Waals surface area contributed by atoms with Crippen molar-refractivity contribution in [3.05, 3.63) is 77.9 Å². The Morgan fingerprint density at radius 2 is 1.34 bits per heavy atom. The van der Waals surface area contributed by atoms with Crippen LogP contribution in [0.25, 0.3) is 0 Å². The number of benzene rings is 2. The molecule has 1 N–H and O–H groups in total. The highest BCUT2D eigenvalue weighted by Crippen LogP contribution is 2.35. The predicted octanol–water partition coefficient (Wildman–Crippen LogP) is 1.92. The highest BCUT2D eigenvalue weighted by molar-refractivity contribution is 6.01. The van der Waals surface area contributed by atoms with E-state index in [0.29, 0.717) is 5.56 Å². The van der Waals surface area contributed by atoms with Crippen LogP contribution in [0, 0.1) is 30.3 Å². The van der Waals surface area contributed by atoms with E-state index in [0.717, 1.165) is 12.1 Å². The van der Waals surface area contributed by atoms with Crippen LogP contribution < -0.4 is 14.5 Å². The van der Waals surface area contributed by atoms with Crippen LogP contribution in [0.2, 0.25) is 0 Å². The fourth-order valence-corrected chi connectivity index (χ4v) is 2.34. The predicted molar refractivity (Wildman–Crippen MR) is 90.1 cm³/mol. The van der Waals surface area contributed by atoms with Crippen molar-refractivity contribution in [2.75, 3.05) is 0 Å². The molecule has 0 bridgehead atoms. The minimum atomic E-state index is -1.25. The van der Waals surface area contributed by atoms with E-state index >= 15 is 0 Å². The van der Waals surface area contributed by atoms with Gasteiger partial charge in [0, 0.05) is 18.6 Å². The third-order valence-electron chi connectivity index (χ3n) is 3.42. The number of Topliss-reactive ketones (excluding diaryl/α,β-unsaturated/α-hetero) is 1. The lowest BCUT2D eigenvalue weighted by molar-refractivity contribution is -0.713. The van der Waals surface area contributed by atoms with Crippen molar-refractivity contribution in [2.24, 2.45) is 0 Å². The molecule has 0 fully saturated rings. The van der Waals surface area contributed by atoms with Crippen molar-refractivity contribution in [3.8, 4) is 23.0 Å². The lowest BCUT2D eigenvalue weighted by atomic mass is 10.0. The molecule has 0 aliphatic heterocycles. The first kappa shape index (κ1) is 20.8. The number of carbonyl (C=O) groups is 1. The van der Waals surface area contributed by atoms with E-state index in [-0.39, 0.29) is 18.6 Å². The number of hydrogen-bond acceptors (Lipinski definition) is 11. The maximum Gasteiger partial charge on any atom is 0.299 e. The molecule has 2 aromatic carbocycles. The Labute approximate surface area is 160 Å². The number of ketones is 1. The van der Waals surface area contributed by atoms with Gasteiger partial charge in [-0.05, 0) is 24.1 Å². The molecule has 14 heteroatoms. The maximum atomic E-state index is 12.5. The first-order valence-corrected chi connectivity index (χ1v) is 7.62. The third kappa shape index (κ3) is 6.02. The zero-order valence-electron chi connectivity index (χ0n) is 14.2. The van der Waals surface area contributed by atoms with Crippen LogP contribution in [0.1, 0.15) is 22.3 Å². The molecule has 0 aliphatic carbocycles. The number of phenols is 1. The van der Waals surface area contributed by atoms with Crippen LogP contribution in [-0.4, -0.2) is 26.1 Å². The molecule has 0 aromatic heterocycles. The lowest BCUT2D eigenvalue weighted by Gasteiger charge is -2.12. The van der Waals surface area contributed by atoms with Gasteiger partial charge in [-0.3, -0.25) is 19.3 Å². The average Bonchev–Trinajstić information content (AvgIpc) is 2.59. The molecule has 0 unspecified atom stereocenters. The summed E-state index contributed by atoms with van der Waals surface area (Å²) in [5.74, 6) is -2.95. The summed E-state index contributed by atoms with van der Waals surface area (Å²) in [6.07, 6.45) is -0.198. The number of aromatic hydroxyl groups is 1. The number of hydrogen-bond donors (Lipinski definition) is 1. The normalized spacial score (nSPS) is 10.1. The summed E-state index contributed by atoms with van der Waals surface area (Å²) in [5.41, 5.74) is -0.0363. The van der Waals surface area contributed by atoms with Crippen LogP contribution in [0.3, 0.4) is 0 Å². The van der Waals surface area contributed by atoms with Gasteiger partial charge in [-0.2, -0.15) is 0 Å². The molecule has 0 amide bonds. The van der Waals surface area contributed by atoms with Gasteiger partial charge in [-0.25, -0.2) is 0 Å². The smallest absolute Gasteiger partial charge is 0.299 e. The van der Waals surface area contributed by atoms with E-state index in [4.69, 9.17) is 0 Å². The highest BCUT2D eigenvalue weighted by atomic mass is 17.0. The maximum absolute atomic E-state index is 12.5. The number of phenolic OH excluding ortho intramolecular Hbond substituents is 1. The number of aryl methyl sites for hydroxylation is 1. The molecule has 14 nitrogen and oxygen atoms in total. The lowest BCUT2D eigenvalue weighted by Crippen LogP contribution is -2.13. The Morgan fingerprint density at radius 3 is 1.79 bits per heavy atom. The van der Waals surface area contributed by atoms with Crippen molar-refractivity contribution < 1.29 is 39.7 Å². The molecule has 2 aromatic rings. The molecule has 0 heterocycles. The second kappa shape index (κ2) is 8.94. The monoisotopic (exact) mass is 409 g/mol. The van der Waals surface area contributed by atoms with E-state index in [1.807, 2.05) is 0 Å². The van der Waals surface area contributed by atoms with Gasteiger partial charge in [0.25, 0.3) is 15.3 Å². The zero-order chi connectivity index (χ0) is 21.6. The van der Waals surface area contributed by atoms with Gasteiger partial charge in [-0.1, -0.05) is 12.1 Å². The average molecular weight is 409 g/mol. The molecule has 152 valence electrons. The molecule has 29 heavy (non-hydrogen) atoms. The molecule has 0 spiro atoms. The standard InChI is InChI=1S/C15H11N3O11/c19-10-7-13(28-17(23)24)15(14(8-10)29-18(25)26)12(20)6-3-9-1-4-11(5-2-9)27-16(21)22/h1-2,4-5,7-8,19H,3,6H2. The van der Waals surface area contributed by atoms with Gasteiger partial charge in [0.15, 0.2) is 5.78 Å². The largest absolute Gasteiger partial charge is 0.508 e. The van der Waals surface area contributed by atoms with Crippen molar-refractivity contribution in [3.63, 3.8) is 0 Å². The first-order valence-electron chi connectivity index (χ1n) is 7.62. The molecule has 0 saturated heterocycles. The minimum Gasteiger partial charge on any atom is -0.508 e. The number of rotatable bonds is 10. The van der Waals surface area contributed by atoms with Crippen molar-refractivity contribution in [1.82, 2.24) is 0 Å². The summed E-state index contributed by atoms with van der Waals surface area (Å²) in [7, 11) is 0. The Morgan fingerprint density at radius 1 is 0.862 bits per heavy atom. The topological polar surface area (TPSA) is 194 Å². The Kier molecular flexibility index (Phi) is 6.42. The molecule has 0 radical (unpaired) electrons. The molecule has 0 saturated carbocycles. The van der Waals surface area contributed by atoms with Crippen LogP contribution in [-0.2, 0) is 6.42 Å². The summed E-state index contributed by atoms with van der Waals surface area (Å²) < 4.78 is 0. The van der Waals surface area contributed by atoms with E-state index in [9.17, 15) is 40.2 Å². The highest BCUT2D eigenvalue weighted by Gasteiger charge is 2.23. The Balaban J connectivity index is 2.24. The van der Waals surface area contributed by atoms with Crippen molar-refractivity contribution in [2.45, 2.75) is 12.8 Å². The van der Waals surface area contributed by atoms with Gasteiger partial charge in [-0.15, -0.1) is 30.3 Å². The number of nitrogens with zero attached hydrogens (tertiary/aromatic N) is 3. The first-order chi connectivity index (χ1) is 13.7. The van der Waals surface area contributed by atoms with E-state index in [1.54, 1.807) is 0 Å². The molecular formula is C15H11N3O11. The summed E-state index contributed by atoms with van der Waals surface area (Å²) in [6.45, 7) is 0. The summed E-state index contributed by atoms with van der Waals surface area (Å²) in [5, 5.41) is 37.6. The number of carbonyl (C=O) groups excluding carboxylic acids is 1. The van der Waals surface area contributed by atoms with Crippen LogP contribution >= 0.6 is 0 Å². The summed E-state index contributed by atoms with van der Waals surface area (Å²) >= 11 is 0. The Hall–Kier alpha value is -4.49. The second-order valence-corrected chi connectivity index (χ2v) is 5.33. The van der Waals surface area contributed by atoms with Gasteiger partial charge in [0.05, 0.1) is 5.56 Å². The van der Waals surface area contributed by atoms with Crippen LogP contribution in [0.5, 0.6) is 23.0 Å². The van der Waals surface area contributed by atoms with Crippen LogP contribution in [0.4, 0.5) is 0 Å². The molecule has 0 aliphatic rings. The molecule has 0 atom stereocenters. The molecular weight excluding hydrogens is 398 g/mol. The minimum absolute atomic E-state index is 0.0352. The zero-order valence-corrected chi connectivity index (χ0v) is 14.2. The summed E-state index contributed by atoms with van der Waals surface area (Å²) in [6, 6.07) is 6.98. The quantitative estimate of drug-likeness (QED) is 0.342. The van der Waals surface area contributed by atoms with Crippen LogP contribution in [0.15, 0.2) is 36.4 Å². The van der Waals surface area contributed by atoms with Gasteiger partial charge in [0.2, 0.25) is 0 Å². The van der Waals surface area contributed by atoms with Crippen molar-refractivity contribution >= 4 is 5.78 Å². The fraction of sp³-hybridized carbons (Fsp3) is 0.133. The van der Waals surface area contributed by atoms with Gasteiger partial charge >= 0.3 is 0 Å².